The maximum Gasteiger partial charge on any atom is 0.120 e. The van der Waals surface area contributed by atoms with Crippen molar-refractivity contribution in [2.45, 2.75) is 39.9 Å². The van der Waals surface area contributed by atoms with E-state index in [1.54, 1.807) is 0 Å². The average Bonchev–Trinajstić information content (AvgIpc) is 2.40. The Morgan fingerprint density at radius 1 is 0.900 bits per heavy atom. The lowest BCUT2D eigenvalue weighted by atomic mass is 9.98. The van der Waals surface area contributed by atoms with E-state index < -0.39 is 6.10 Å². The predicted molar refractivity (Wildman–Crippen MR) is 82.2 cm³/mol. The van der Waals surface area contributed by atoms with Gasteiger partial charge in [0.2, 0.25) is 0 Å². The zero-order valence-electron chi connectivity index (χ0n) is 12.6. The van der Waals surface area contributed by atoms with Crippen molar-refractivity contribution in [1.29, 1.82) is 0 Å². The highest BCUT2D eigenvalue weighted by atomic mass is 16.5. The standard InChI is InChI=1S/C18H22O2/c1-12(2)20-17-7-5-6-15(11-17)18(19)16-9-8-13(3)14(4)10-16/h5-12,18-19H,1-4H3. The predicted octanol–water partition coefficient (Wildman–Crippen LogP) is 4.17. The number of hydrogen-bond donors (Lipinski definition) is 1. The molecule has 0 aromatic heterocycles. The first-order chi connectivity index (χ1) is 9.47. The van der Waals surface area contributed by atoms with Gasteiger partial charge in [0.05, 0.1) is 6.10 Å². The summed E-state index contributed by atoms with van der Waals surface area (Å²) < 4.78 is 5.67. The molecule has 0 saturated heterocycles. The van der Waals surface area contributed by atoms with Crippen LogP contribution in [-0.2, 0) is 0 Å². The molecule has 1 atom stereocenters. The van der Waals surface area contributed by atoms with Crippen LogP contribution >= 0.6 is 0 Å². The summed E-state index contributed by atoms with van der Waals surface area (Å²) in [6.07, 6.45) is -0.492. The van der Waals surface area contributed by atoms with Crippen molar-refractivity contribution in [2.24, 2.45) is 0 Å². The Morgan fingerprint density at radius 3 is 2.25 bits per heavy atom. The molecular formula is C18H22O2. The van der Waals surface area contributed by atoms with Gasteiger partial charge in [0, 0.05) is 0 Å². The normalized spacial score (nSPS) is 12.5. The summed E-state index contributed by atoms with van der Waals surface area (Å²) in [5, 5.41) is 10.5. The van der Waals surface area contributed by atoms with Crippen LogP contribution < -0.4 is 4.74 Å². The minimum Gasteiger partial charge on any atom is -0.491 e. The molecule has 0 aliphatic rings. The van der Waals surface area contributed by atoms with Crippen molar-refractivity contribution in [3.05, 3.63) is 64.7 Å². The zero-order valence-corrected chi connectivity index (χ0v) is 12.6. The van der Waals surface area contributed by atoms with Gasteiger partial charge in [-0.05, 0) is 62.1 Å². The van der Waals surface area contributed by atoms with Crippen molar-refractivity contribution < 1.29 is 9.84 Å². The Labute approximate surface area is 121 Å². The molecule has 1 unspecified atom stereocenters. The number of benzene rings is 2. The topological polar surface area (TPSA) is 29.5 Å². The number of aliphatic hydroxyl groups is 1. The molecule has 0 aliphatic carbocycles. The number of aryl methyl sites for hydroxylation is 2. The molecular weight excluding hydrogens is 248 g/mol. The van der Waals surface area contributed by atoms with Crippen LogP contribution in [0.15, 0.2) is 42.5 Å². The van der Waals surface area contributed by atoms with Crippen LogP contribution in [0.2, 0.25) is 0 Å². The van der Waals surface area contributed by atoms with Crippen molar-refractivity contribution in [3.63, 3.8) is 0 Å². The summed E-state index contributed by atoms with van der Waals surface area (Å²) >= 11 is 0. The van der Waals surface area contributed by atoms with Gasteiger partial charge < -0.3 is 9.84 Å². The molecule has 2 heteroatoms. The minimum absolute atomic E-state index is 0.129. The number of rotatable bonds is 4. The highest BCUT2D eigenvalue weighted by Gasteiger charge is 2.12. The van der Waals surface area contributed by atoms with Crippen molar-refractivity contribution in [2.75, 3.05) is 0 Å². The van der Waals surface area contributed by atoms with Crippen LogP contribution in [0.3, 0.4) is 0 Å². The molecule has 0 amide bonds. The quantitative estimate of drug-likeness (QED) is 0.903. The van der Waals surface area contributed by atoms with Gasteiger partial charge in [0.25, 0.3) is 0 Å². The third kappa shape index (κ3) is 3.40. The van der Waals surface area contributed by atoms with Crippen LogP contribution in [-0.4, -0.2) is 11.2 Å². The molecule has 0 saturated carbocycles. The molecule has 0 heterocycles. The molecule has 2 rings (SSSR count). The van der Waals surface area contributed by atoms with Gasteiger partial charge >= 0.3 is 0 Å². The molecule has 106 valence electrons. The molecule has 2 aromatic rings. The van der Waals surface area contributed by atoms with Crippen molar-refractivity contribution in [3.8, 4) is 5.75 Å². The second-order valence-electron chi connectivity index (χ2n) is 5.49. The van der Waals surface area contributed by atoms with E-state index in [9.17, 15) is 5.11 Å². The van der Waals surface area contributed by atoms with Gasteiger partial charge in [-0.15, -0.1) is 0 Å². The molecule has 0 spiro atoms. The van der Waals surface area contributed by atoms with E-state index in [2.05, 4.69) is 13.8 Å². The highest BCUT2D eigenvalue weighted by molar-refractivity contribution is 5.38. The average molecular weight is 270 g/mol. The largest absolute Gasteiger partial charge is 0.491 e. The Kier molecular flexibility index (Phi) is 4.46. The van der Waals surface area contributed by atoms with Crippen molar-refractivity contribution >= 4 is 0 Å². The molecule has 2 aromatic carbocycles. The van der Waals surface area contributed by atoms with E-state index in [1.165, 1.54) is 11.1 Å². The fraction of sp³-hybridized carbons (Fsp3) is 0.333. The van der Waals surface area contributed by atoms with Gasteiger partial charge in [-0.25, -0.2) is 0 Å². The summed E-state index contributed by atoms with van der Waals surface area (Å²) in [4.78, 5) is 0. The summed E-state index contributed by atoms with van der Waals surface area (Å²) in [6, 6.07) is 13.7. The zero-order chi connectivity index (χ0) is 14.7. The minimum atomic E-state index is -0.620. The lowest BCUT2D eigenvalue weighted by Crippen LogP contribution is -2.06. The molecule has 0 radical (unpaired) electrons. The van der Waals surface area contributed by atoms with Gasteiger partial charge in [0.1, 0.15) is 11.9 Å². The number of aliphatic hydroxyl groups excluding tert-OH is 1. The van der Waals surface area contributed by atoms with Gasteiger partial charge in [-0.1, -0.05) is 30.3 Å². The smallest absolute Gasteiger partial charge is 0.120 e. The van der Waals surface area contributed by atoms with Crippen LogP contribution in [0.5, 0.6) is 5.75 Å². The first-order valence-electron chi connectivity index (χ1n) is 6.99. The Bertz CT molecular complexity index is 588. The molecule has 1 N–H and O–H groups in total. The van der Waals surface area contributed by atoms with Gasteiger partial charge in [-0.2, -0.15) is 0 Å². The summed E-state index contributed by atoms with van der Waals surface area (Å²) in [7, 11) is 0. The van der Waals surface area contributed by atoms with E-state index in [4.69, 9.17) is 4.74 Å². The van der Waals surface area contributed by atoms with E-state index in [0.29, 0.717) is 0 Å². The fourth-order valence-electron chi connectivity index (χ4n) is 2.16. The summed E-state index contributed by atoms with van der Waals surface area (Å²) in [5.41, 5.74) is 4.19. The fourth-order valence-corrected chi connectivity index (χ4v) is 2.16. The number of ether oxygens (including phenoxy) is 1. The van der Waals surface area contributed by atoms with Crippen LogP contribution in [0.25, 0.3) is 0 Å². The first-order valence-corrected chi connectivity index (χ1v) is 6.99. The lowest BCUT2D eigenvalue weighted by Gasteiger charge is -2.15. The van der Waals surface area contributed by atoms with Gasteiger partial charge in [0.15, 0.2) is 0 Å². The molecule has 0 fully saturated rings. The lowest BCUT2D eigenvalue weighted by molar-refractivity contribution is 0.216. The summed E-state index contributed by atoms with van der Waals surface area (Å²) in [6.45, 7) is 8.12. The van der Waals surface area contributed by atoms with E-state index >= 15 is 0 Å². The molecule has 2 nitrogen and oxygen atoms in total. The van der Waals surface area contributed by atoms with E-state index in [-0.39, 0.29) is 6.10 Å². The monoisotopic (exact) mass is 270 g/mol. The maximum absolute atomic E-state index is 10.5. The SMILES string of the molecule is Cc1ccc(C(O)c2cccc(OC(C)C)c2)cc1C. The van der Waals surface area contributed by atoms with E-state index in [1.807, 2.05) is 56.3 Å². The second kappa shape index (κ2) is 6.10. The van der Waals surface area contributed by atoms with E-state index in [0.717, 1.165) is 16.9 Å². The Balaban J connectivity index is 2.28. The maximum atomic E-state index is 10.5. The van der Waals surface area contributed by atoms with Crippen LogP contribution in [0.4, 0.5) is 0 Å². The third-order valence-electron chi connectivity index (χ3n) is 3.39. The third-order valence-corrected chi connectivity index (χ3v) is 3.39. The first kappa shape index (κ1) is 14.6. The van der Waals surface area contributed by atoms with Crippen LogP contribution in [0, 0.1) is 13.8 Å². The number of hydrogen-bond acceptors (Lipinski definition) is 2. The van der Waals surface area contributed by atoms with Gasteiger partial charge in [-0.3, -0.25) is 0 Å². The Hall–Kier alpha value is -1.80. The van der Waals surface area contributed by atoms with Crippen molar-refractivity contribution in [1.82, 2.24) is 0 Å². The molecule has 0 aliphatic heterocycles. The molecule has 0 bridgehead atoms. The Morgan fingerprint density at radius 2 is 1.60 bits per heavy atom. The molecule has 20 heavy (non-hydrogen) atoms. The second-order valence-corrected chi connectivity index (χ2v) is 5.49. The summed E-state index contributed by atoms with van der Waals surface area (Å²) in [5.74, 6) is 0.792. The van der Waals surface area contributed by atoms with Crippen LogP contribution in [0.1, 0.15) is 42.2 Å². The highest BCUT2D eigenvalue weighted by Crippen LogP contribution is 2.26.